The highest BCUT2D eigenvalue weighted by Gasteiger charge is 2.54. The zero-order valence-electron chi connectivity index (χ0n) is 82.8. The third kappa shape index (κ3) is 13.0. The maximum Gasteiger partial charge on any atom is 0.0725 e. The van der Waals surface area contributed by atoms with Gasteiger partial charge in [-0.25, -0.2) is 0 Å². The van der Waals surface area contributed by atoms with Crippen molar-refractivity contribution in [1.82, 2.24) is 0 Å². The van der Waals surface area contributed by atoms with Crippen LogP contribution in [0.1, 0.15) is 142 Å². The average molecular weight is 1850 g/mol. The van der Waals surface area contributed by atoms with Gasteiger partial charge in [0.25, 0.3) is 0 Å². The van der Waals surface area contributed by atoms with E-state index in [0.29, 0.717) is 0 Å². The zero-order chi connectivity index (χ0) is 97.7. The molecule has 145 heavy (non-hydrogen) atoms. The quantitative estimate of drug-likeness (QED) is 0.107. The first kappa shape index (κ1) is 86.8. The first-order valence-corrected chi connectivity index (χ1v) is 51.1. The van der Waals surface area contributed by atoms with Crippen LogP contribution in [0, 0.1) is 13.8 Å². The SMILES string of the molecule is C=Cc1cccc(-c2ccc3c(c2)C2(c4ccccc4-3)c3ccccc3-c3ccc(-c4cc(C)c(N(c5ccc(-c6ccccc6)cc5)c5ccc6c(c5)C(C)(C)c5ccccc5-6)cc4C)cc32)c1.C=Cc1cccc(-c2ccc3c(c2)C2(c4ccccc4-3)c3ccccc3-c3ccc(-c4ccc5c(c4)C(C)(C)c4ccc(N(c6ccc(-c7ccccc7)cc6)c6ccc7c(c6)C(C)(C)c6ccccc6-7)cc4-5)cc32)c1. The Labute approximate surface area is 851 Å². The van der Waals surface area contributed by atoms with E-state index in [-0.39, 0.29) is 16.2 Å². The molecule has 21 aromatic rings. The smallest absolute Gasteiger partial charge is 0.0725 e. The van der Waals surface area contributed by atoms with Crippen LogP contribution in [0.2, 0.25) is 0 Å². The van der Waals surface area contributed by atoms with E-state index in [1.165, 1.54) is 239 Å². The second kappa shape index (κ2) is 32.9. The number of anilines is 6. The van der Waals surface area contributed by atoms with Crippen LogP contribution >= 0.6 is 0 Å². The predicted molar refractivity (Wildman–Crippen MR) is 610 cm³/mol. The highest BCUT2D eigenvalue weighted by atomic mass is 15.2. The Hall–Kier alpha value is -17.3. The molecule has 0 fully saturated rings. The lowest BCUT2D eigenvalue weighted by Gasteiger charge is -2.31. The Bertz CT molecular complexity index is 9000. The van der Waals surface area contributed by atoms with Crippen molar-refractivity contribution in [1.29, 1.82) is 0 Å². The summed E-state index contributed by atoms with van der Waals surface area (Å²) in [6.07, 6.45) is 3.87. The molecule has 28 rings (SSSR count). The summed E-state index contributed by atoms with van der Waals surface area (Å²) in [5.41, 5.74) is 62.0. The van der Waals surface area contributed by atoms with Crippen LogP contribution in [-0.4, -0.2) is 0 Å². The van der Waals surface area contributed by atoms with Crippen molar-refractivity contribution < 1.29 is 0 Å². The maximum atomic E-state index is 4.09. The Morgan fingerprint density at radius 2 is 0.428 bits per heavy atom. The molecule has 7 aliphatic rings. The first-order chi connectivity index (χ1) is 70.9. The Kier molecular flexibility index (Phi) is 19.7. The lowest BCUT2D eigenvalue weighted by atomic mass is 9.70. The Morgan fingerprint density at radius 1 is 0.166 bits per heavy atom. The molecule has 0 N–H and O–H groups in total. The molecular formula is C143H106N2. The minimum Gasteiger partial charge on any atom is -0.310 e. The van der Waals surface area contributed by atoms with Gasteiger partial charge in [0, 0.05) is 50.4 Å². The lowest BCUT2D eigenvalue weighted by Crippen LogP contribution is -2.26. The van der Waals surface area contributed by atoms with E-state index in [0.717, 1.165) is 39.6 Å². The van der Waals surface area contributed by atoms with Crippen molar-refractivity contribution in [3.63, 3.8) is 0 Å². The summed E-state index contributed by atoms with van der Waals surface area (Å²) in [5, 5.41) is 0. The summed E-state index contributed by atoms with van der Waals surface area (Å²) in [6, 6.07) is 174. The summed E-state index contributed by atoms with van der Waals surface area (Å²) >= 11 is 0. The van der Waals surface area contributed by atoms with Crippen LogP contribution in [0.5, 0.6) is 0 Å². The van der Waals surface area contributed by atoms with E-state index in [4.69, 9.17) is 0 Å². The molecule has 2 heteroatoms. The van der Waals surface area contributed by atoms with Gasteiger partial charge in [0.2, 0.25) is 0 Å². The number of hydrogen-bond donors (Lipinski definition) is 0. The standard InChI is InChI=1S/C75H55N.C68H51N/c1-6-47-17-16-20-50(41-47)52-29-36-61-58-22-11-14-25-67(58)75(71(61)43-52)68-26-15-12-23-59(68)62-37-30-53(44-72(62)75)51-31-38-63-64-45-55(35-40-66(64)74(4,5)69(63)42-51)76(54-32-27-49(28-33-54)48-18-8-7-9-19-48)56-34-39-60-57-21-10-13-24-65(57)73(2,3)70(60)46-56;1-6-45-17-16-20-48(39-45)49-29-34-57-54-22-11-14-25-61(54)68(64(57)40-49)62-26-15-12-23-55(62)58-35-30-50(41-65(58)68)59-37-44(3)66(38-43(59)2)69(51-31-27-47(28-32-51)46-18-8-7-9-19-46)52-33-36-56-53-21-10-13-24-60(53)67(4,5)63(56)42-52/h6-46H,1H2,2-5H3;6-42H,1H2,2-5H3. The van der Waals surface area contributed by atoms with Gasteiger partial charge in [-0.3, -0.25) is 0 Å². The van der Waals surface area contributed by atoms with Gasteiger partial charge in [-0.2, -0.15) is 0 Å². The molecule has 0 aromatic heterocycles. The van der Waals surface area contributed by atoms with Crippen molar-refractivity contribution in [2.45, 2.75) is 82.5 Å². The van der Waals surface area contributed by atoms with E-state index >= 15 is 0 Å². The van der Waals surface area contributed by atoms with E-state index in [1.54, 1.807) is 0 Å². The minimum absolute atomic E-state index is 0.122. The normalized spacial score (nSPS) is 15.6. The van der Waals surface area contributed by atoms with Crippen molar-refractivity contribution in [3.05, 3.63) is 574 Å². The molecule has 0 amide bonds. The molecule has 0 aliphatic heterocycles. The number of nitrogens with zero attached hydrogens (tertiary/aromatic N) is 2. The number of aryl methyl sites for hydroxylation is 2. The number of benzene rings is 21. The summed E-state index contributed by atoms with van der Waals surface area (Å²) < 4.78 is 0. The van der Waals surface area contributed by atoms with Gasteiger partial charge in [0.15, 0.2) is 0 Å². The predicted octanol–water partition coefficient (Wildman–Crippen LogP) is 37.8. The monoisotopic (exact) mass is 1850 g/mol. The van der Waals surface area contributed by atoms with Crippen molar-refractivity contribution in [2.75, 3.05) is 9.80 Å². The van der Waals surface area contributed by atoms with Crippen LogP contribution in [0.3, 0.4) is 0 Å². The molecule has 0 bridgehead atoms. The topological polar surface area (TPSA) is 6.48 Å². The third-order valence-corrected chi connectivity index (χ3v) is 33.6. The minimum atomic E-state index is -0.480. The highest BCUT2D eigenvalue weighted by molar-refractivity contribution is 6.02. The fourth-order valence-electron chi connectivity index (χ4n) is 26.5. The van der Waals surface area contributed by atoms with Gasteiger partial charge >= 0.3 is 0 Å². The molecule has 2 unspecified atom stereocenters. The molecule has 2 atom stereocenters. The Morgan fingerprint density at radius 3 is 0.834 bits per heavy atom. The fourth-order valence-corrected chi connectivity index (χ4v) is 26.5. The van der Waals surface area contributed by atoms with Crippen LogP contribution in [0.4, 0.5) is 34.1 Å². The van der Waals surface area contributed by atoms with Crippen LogP contribution in [0.25, 0.3) is 157 Å². The van der Waals surface area contributed by atoms with Gasteiger partial charge < -0.3 is 9.80 Å². The largest absolute Gasteiger partial charge is 0.310 e. The summed E-state index contributed by atoms with van der Waals surface area (Å²) in [6.45, 7) is 27.0. The molecular weight excluding hydrogens is 1750 g/mol. The summed E-state index contributed by atoms with van der Waals surface area (Å²) in [7, 11) is 0. The average Bonchev–Trinajstić information content (AvgIpc) is 1.51. The van der Waals surface area contributed by atoms with Gasteiger partial charge in [-0.15, -0.1) is 0 Å². The zero-order valence-corrected chi connectivity index (χ0v) is 82.8. The number of fused-ring (bicyclic) bond motifs is 29. The maximum absolute atomic E-state index is 4.09. The fraction of sp³-hybridized carbons (Fsp3) is 0.0909. The van der Waals surface area contributed by atoms with E-state index in [9.17, 15) is 0 Å². The highest BCUT2D eigenvalue weighted by Crippen LogP contribution is 2.67. The van der Waals surface area contributed by atoms with Gasteiger partial charge in [-0.1, -0.05) is 413 Å². The molecule has 2 nitrogen and oxygen atoms in total. The van der Waals surface area contributed by atoms with E-state index in [2.05, 4.69) is 539 Å². The molecule has 0 saturated heterocycles. The van der Waals surface area contributed by atoms with E-state index in [1.807, 2.05) is 12.2 Å². The summed E-state index contributed by atoms with van der Waals surface area (Å²) in [4.78, 5) is 4.94. The molecule has 2 spiro atoms. The van der Waals surface area contributed by atoms with Crippen LogP contribution in [0.15, 0.2) is 474 Å². The van der Waals surface area contributed by atoms with Gasteiger partial charge in [0.05, 0.1) is 10.8 Å². The first-order valence-electron chi connectivity index (χ1n) is 51.1. The van der Waals surface area contributed by atoms with E-state index < -0.39 is 10.8 Å². The van der Waals surface area contributed by atoms with Crippen LogP contribution < -0.4 is 9.80 Å². The van der Waals surface area contributed by atoms with Crippen LogP contribution in [-0.2, 0) is 27.1 Å². The molecule has 0 radical (unpaired) electrons. The van der Waals surface area contributed by atoms with Crippen molar-refractivity contribution >= 4 is 46.3 Å². The molecule has 688 valence electrons. The number of rotatable bonds is 14. The molecule has 0 saturated carbocycles. The van der Waals surface area contributed by atoms with Gasteiger partial charge in [0.1, 0.15) is 0 Å². The Balaban J connectivity index is 0.000000145. The molecule has 7 aliphatic carbocycles. The van der Waals surface area contributed by atoms with Crippen molar-refractivity contribution in [2.24, 2.45) is 0 Å². The van der Waals surface area contributed by atoms with Crippen molar-refractivity contribution in [3.8, 4) is 145 Å². The summed E-state index contributed by atoms with van der Waals surface area (Å²) in [5.74, 6) is 0. The number of hydrogen-bond acceptors (Lipinski definition) is 2. The lowest BCUT2D eigenvalue weighted by molar-refractivity contribution is 0.660. The third-order valence-electron chi connectivity index (χ3n) is 33.6. The molecule has 21 aromatic carbocycles. The second-order valence-corrected chi connectivity index (χ2v) is 42.2. The van der Waals surface area contributed by atoms with Gasteiger partial charge in [-0.05, 0) is 374 Å². The second-order valence-electron chi connectivity index (χ2n) is 42.2. The molecule has 0 heterocycles.